The summed E-state index contributed by atoms with van der Waals surface area (Å²) in [5, 5.41) is 3.78. The molecule has 0 bridgehead atoms. The molecule has 0 aliphatic carbocycles. The monoisotopic (exact) mass is 438 g/mol. The van der Waals surface area contributed by atoms with Gasteiger partial charge in [-0.2, -0.15) is 4.98 Å². The molecule has 0 radical (unpaired) electrons. The van der Waals surface area contributed by atoms with Crippen molar-refractivity contribution in [2.24, 2.45) is 0 Å². The Hall–Kier alpha value is -3.36. The third kappa shape index (κ3) is 4.76. The minimum atomic E-state index is -0.323. The Labute approximate surface area is 186 Å². The average molecular weight is 439 g/mol. The number of anilines is 1. The number of carbonyl (C=O) groups excluding carboxylic acids is 1. The molecule has 0 spiro atoms. The SMILES string of the molecule is Cc1noc(CCC(=O)N2CCCC[C@@H]2c2nc(N(C)C)ncc2-c2cccc(F)c2)n1. The lowest BCUT2D eigenvalue weighted by atomic mass is 9.93. The summed E-state index contributed by atoms with van der Waals surface area (Å²) in [5.41, 5.74) is 2.19. The van der Waals surface area contributed by atoms with Gasteiger partial charge in [-0.25, -0.2) is 14.4 Å². The Kier molecular flexibility index (Phi) is 6.43. The number of hydrogen-bond acceptors (Lipinski definition) is 7. The molecule has 9 heteroatoms. The van der Waals surface area contributed by atoms with Crippen LogP contribution in [0.1, 0.15) is 49.1 Å². The molecular formula is C23H27FN6O2. The minimum Gasteiger partial charge on any atom is -0.347 e. The molecule has 3 heterocycles. The molecule has 1 aliphatic heterocycles. The Balaban J connectivity index is 1.66. The molecule has 4 rings (SSSR count). The molecule has 1 atom stereocenters. The fourth-order valence-electron chi connectivity index (χ4n) is 4.05. The molecule has 1 aromatic carbocycles. The van der Waals surface area contributed by atoms with E-state index >= 15 is 0 Å². The zero-order valence-corrected chi connectivity index (χ0v) is 18.6. The maximum Gasteiger partial charge on any atom is 0.227 e. The van der Waals surface area contributed by atoms with Crippen molar-refractivity contribution < 1.29 is 13.7 Å². The van der Waals surface area contributed by atoms with Gasteiger partial charge in [0.25, 0.3) is 0 Å². The van der Waals surface area contributed by atoms with Gasteiger partial charge in [0.2, 0.25) is 17.7 Å². The van der Waals surface area contributed by atoms with E-state index < -0.39 is 0 Å². The van der Waals surface area contributed by atoms with Gasteiger partial charge in [0, 0.05) is 45.2 Å². The normalized spacial score (nSPS) is 16.2. The Morgan fingerprint density at radius 1 is 1.28 bits per heavy atom. The summed E-state index contributed by atoms with van der Waals surface area (Å²) in [7, 11) is 3.74. The van der Waals surface area contributed by atoms with E-state index in [2.05, 4.69) is 15.1 Å². The molecule has 32 heavy (non-hydrogen) atoms. The zero-order chi connectivity index (χ0) is 22.7. The molecule has 1 saturated heterocycles. The van der Waals surface area contributed by atoms with Gasteiger partial charge < -0.3 is 14.3 Å². The second-order valence-corrected chi connectivity index (χ2v) is 8.21. The van der Waals surface area contributed by atoms with Crippen LogP contribution in [0.4, 0.5) is 10.3 Å². The highest BCUT2D eigenvalue weighted by atomic mass is 19.1. The van der Waals surface area contributed by atoms with Crippen molar-refractivity contribution in [1.29, 1.82) is 0 Å². The van der Waals surface area contributed by atoms with Gasteiger partial charge >= 0.3 is 0 Å². The number of likely N-dealkylation sites (tertiary alicyclic amines) is 1. The van der Waals surface area contributed by atoms with Crippen molar-refractivity contribution in [1.82, 2.24) is 25.0 Å². The Morgan fingerprint density at radius 2 is 2.12 bits per heavy atom. The van der Waals surface area contributed by atoms with E-state index in [9.17, 15) is 9.18 Å². The van der Waals surface area contributed by atoms with E-state index in [1.165, 1.54) is 12.1 Å². The molecule has 8 nitrogen and oxygen atoms in total. The Morgan fingerprint density at radius 3 is 2.84 bits per heavy atom. The zero-order valence-electron chi connectivity index (χ0n) is 18.6. The topological polar surface area (TPSA) is 88.3 Å². The van der Waals surface area contributed by atoms with E-state index in [1.807, 2.05) is 30.0 Å². The van der Waals surface area contributed by atoms with Crippen LogP contribution in [0.15, 0.2) is 35.0 Å². The van der Waals surface area contributed by atoms with Gasteiger partial charge in [-0.05, 0) is 43.9 Å². The number of benzene rings is 1. The van der Waals surface area contributed by atoms with Crippen molar-refractivity contribution in [3.05, 3.63) is 53.7 Å². The molecule has 0 saturated carbocycles. The van der Waals surface area contributed by atoms with Crippen molar-refractivity contribution >= 4 is 11.9 Å². The van der Waals surface area contributed by atoms with Crippen LogP contribution in [0.5, 0.6) is 0 Å². The molecular weight excluding hydrogens is 411 g/mol. The second-order valence-electron chi connectivity index (χ2n) is 8.21. The van der Waals surface area contributed by atoms with Crippen LogP contribution in [-0.4, -0.2) is 51.6 Å². The number of piperidine rings is 1. The minimum absolute atomic E-state index is 0.0146. The summed E-state index contributed by atoms with van der Waals surface area (Å²) in [6.07, 6.45) is 5.11. The van der Waals surface area contributed by atoms with Crippen LogP contribution in [-0.2, 0) is 11.2 Å². The van der Waals surface area contributed by atoms with Crippen LogP contribution < -0.4 is 4.90 Å². The summed E-state index contributed by atoms with van der Waals surface area (Å²) in [4.78, 5) is 30.4. The molecule has 168 valence electrons. The first-order valence-electron chi connectivity index (χ1n) is 10.8. The van der Waals surface area contributed by atoms with Crippen LogP contribution >= 0.6 is 0 Å². The number of carbonyl (C=O) groups is 1. The first-order valence-corrected chi connectivity index (χ1v) is 10.8. The molecule has 1 aliphatic rings. The second kappa shape index (κ2) is 9.42. The molecule has 1 fully saturated rings. The number of hydrogen-bond donors (Lipinski definition) is 0. The van der Waals surface area contributed by atoms with Crippen molar-refractivity contribution in [3.8, 4) is 11.1 Å². The number of rotatable bonds is 6. The first-order chi connectivity index (χ1) is 15.4. The third-order valence-electron chi connectivity index (χ3n) is 5.60. The number of nitrogens with zero attached hydrogens (tertiary/aromatic N) is 6. The summed E-state index contributed by atoms with van der Waals surface area (Å²) in [5.74, 6) is 1.26. The average Bonchev–Trinajstić information content (AvgIpc) is 3.22. The molecule has 0 unspecified atom stereocenters. The smallest absolute Gasteiger partial charge is 0.227 e. The summed E-state index contributed by atoms with van der Waals surface area (Å²) in [6.45, 7) is 2.40. The number of aromatic nitrogens is 4. The summed E-state index contributed by atoms with van der Waals surface area (Å²) < 4.78 is 19.1. The molecule has 1 amide bonds. The maximum absolute atomic E-state index is 14.0. The number of halogens is 1. The number of aryl methyl sites for hydroxylation is 2. The molecule has 2 aromatic heterocycles. The maximum atomic E-state index is 14.0. The van der Waals surface area contributed by atoms with Crippen LogP contribution in [0.25, 0.3) is 11.1 Å². The van der Waals surface area contributed by atoms with Crippen molar-refractivity contribution in [2.45, 2.75) is 45.1 Å². The van der Waals surface area contributed by atoms with E-state index in [1.54, 1.807) is 19.2 Å². The van der Waals surface area contributed by atoms with Crippen molar-refractivity contribution in [3.63, 3.8) is 0 Å². The summed E-state index contributed by atoms with van der Waals surface area (Å²) in [6, 6.07) is 6.19. The lowest BCUT2D eigenvalue weighted by molar-refractivity contribution is -0.135. The molecule has 3 aromatic rings. The largest absolute Gasteiger partial charge is 0.347 e. The van der Waals surface area contributed by atoms with Gasteiger partial charge in [0.1, 0.15) is 5.82 Å². The number of amides is 1. The van der Waals surface area contributed by atoms with Crippen LogP contribution in [0.2, 0.25) is 0 Å². The highest BCUT2D eigenvalue weighted by Crippen LogP contribution is 2.37. The van der Waals surface area contributed by atoms with E-state index in [4.69, 9.17) is 9.51 Å². The highest BCUT2D eigenvalue weighted by Gasteiger charge is 2.31. The molecule has 0 N–H and O–H groups in total. The van der Waals surface area contributed by atoms with Gasteiger partial charge in [0.15, 0.2) is 5.82 Å². The van der Waals surface area contributed by atoms with Crippen LogP contribution in [0, 0.1) is 12.7 Å². The van der Waals surface area contributed by atoms with Gasteiger partial charge in [0.05, 0.1) is 11.7 Å². The van der Waals surface area contributed by atoms with Crippen LogP contribution in [0.3, 0.4) is 0 Å². The fourth-order valence-corrected chi connectivity index (χ4v) is 4.05. The highest BCUT2D eigenvalue weighted by molar-refractivity contribution is 5.77. The van der Waals surface area contributed by atoms with Gasteiger partial charge in [-0.15, -0.1) is 0 Å². The third-order valence-corrected chi connectivity index (χ3v) is 5.60. The van der Waals surface area contributed by atoms with Crippen molar-refractivity contribution in [2.75, 3.05) is 25.5 Å². The quantitative estimate of drug-likeness (QED) is 0.579. The van der Waals surface area contributed by atoms with E-state index in [0.717, 1.165) is 30.5 Å². The Bertz CT molecular complexity index is 1100. The first kappa shape index (κ1) is 21.9. The van der Waals surface area contributed by atoms with E-state index in [0.29, 0.717) is 36.2 Å². The predicted molar refractivity (Wildman–Crippen MR) is 117 cm³/mol. The summed E-state index contributed by atoms with van der Waals surface area (Å²) >= 11 is 0. The standard InChI is InChI=1S/C23H27FN6O2/c1-15-26-20(32-28-15)10-11-21(31)30-12-5-4-9-19(30)22-18(14-25-23(27-22)29(2)3)16-7-6-8-17(24)13-16/h6-8,13-14,19H,4-5,9-12H2,1-3H3/t19-/m1/s1. The lowest BCUT2D eigenvalue weighted by Crippen LogP contribution is -2.39. The van der Waals surface area contributed by atoms with Gasteiger partial charge in [-0.3, -0.25) is 4.79 Å². The van der Waals surface area contributed by atoms with E-state index in [-0.39, 0.29) is 24.2 Å². The predicted octanol–water partition coefficient (Wildman–Crippen LogP) is 3.73. The van der Waals surface area contributed by atoms with Gasteiger partial charge in [-0.1, -0.05) is 17.3 Å². The lowest BCUT2D eigenvalue weighted by Gasteiger charge is -2.36. The fraction of sp³-hybridized carbons (Fsp3) is 0.435.